The zero-order valence-electron chi connectivity index (χ0n) is 10.3. The number of nitrogens with zero attached hydrogens (tertiary/aromatic N) is 1. The highest BCUT2D eigenvalue weighted by molar-refractivity contribution is 7.89. The van der Waals surface area contributed by atoms with Crippen molar-refractivity contribution in [3.05, 3.63) is 30.5 Å². The molecule has 0 amide bonds. The molecule has 19 heavy (non-hydrogen) atoms. The molecule has 0 saturated heterocycles. The van der Waals surface area contributed by atoms with Crippen LogP contribution < -0.4 is 16.2 Å². The molecule has 0 radical (unpaired) electrons. The Labute approximate surface area is 111 Å². The molecule has 0 aliphatic carbocycles. The number of para-hydroxylation sites is 1. The number of primary sulfonamides is 1. The van der Waals surface area contributed by atoms with Crippen LogP contribution in [0.1, 0.15) is 6.42 Å². The monoisotopic (exact) mass is 280 g/mol. The SMILES string of the molecule is Nc1cccc2c(NCCCS(N)(=O)=O)ccnc12. The third kappa shape index (κ3) is 3.55. The van der Waals surface area contributed by atoms with Crippen molar-refractivity contribution in [2.24, 2.45) is 5.14 Å². The lowest BCUT2D eigenvalue weighted by Crippen LogP contribution is -2.18. The first-order valence-electron chi connectivity index (χ1n) is 5.85. The quantitative estimate of drug-likeness (QED) is 0.557. The number of benzene rings is 1. The number of anilines is 2. The highest BCUT2D eigenvalue weighted by Gasteiger charge is 2.05. The van der Waals surface area contributed by atoms with Gasteiger partial charge < -0.3 is 11.1 Å². The first kappa shape index (κ1) is 13.6. The van der Waals surface area contributed by atoms with Crippen LogP contribution in [0.15, 0.2) is 30.5 Å². The van der Waals surface area contributed by atoms with Gasteiger partial charge in [0.15, 0.2) is 0 Å². The summed E-state index contributed by atoms with van der Waals surface area (Å²) in [7, 11) is -3.40. The summed E-state index contributed by atoms with van der Waals surface area (Å²) in [4.78, 5) is 4.23. The van der Waals surface area contributed by atoms with E-state index < -0.39 is 10.0 Å². The minimum atomic E-state index is -3.40. The van der Waals surface area contributed by atoms with Gasteiger partial charge in [0.1, 0.15) is 0 Å². The van der Waals surface area contributed by atoms with Crippen LogP contribution in [0, 0.1) is 0 Å². The topological polar surface area (TPSA) is 111 Å². The number of hydrogen-bond acceptors (Lipinski definition) is 5. The molecule has 2 rings (SSSR count). The van der Waals surface area contributed by atoms with Gasteiger partial charge in [-0.25, -0.2) is 13.6 Å². The average molecular weight is 280 g/mol. The van der Waals surface area contributed by atoms with Gasteiger partial charge in [0.05, 0.1) is 17.0 Å². The Morgan fingerprint density at radius 2 is 2.05 bits per heavy atom. The number of sulfonamides is 1. The Kier molecular flexibility index (Phi) is 3.87. The van der Waals surface area contributed by atoms with E-state index in [1.165, 1.54) is 0 Å². The highest BCUT2D eigenvalue weighted by atomic mass is 32.2. The molecule has 6 nitrogen and oxygen atoms in total. The van der Waals surface area contributed by atoms with Gasteiger partial charge in [0, 0.05) is 23.8 Å². The van der Waals surface area contributed by atoms with Crippen molar-refractivity contribution in [1.82, 2.24) is 4.98 Å². The van der Waals surface area contributed by atoms with E-state index in [9.17, 15) is 8.42 Å². The summed E-state index contributed by atoms with van der Waals surface area (Å²) in [6, 6.07) is 7.40. The van der Waals surface area contributed by atoms with Crippen molar-refractivity contribution < 1.29 is 8.42 Å². The fourth-order valence-electron chi connectivity index (χ4n) is 1.85. The molecule has 0 aliphatic rings. The summed E-state index contributed by atoms with van der Waals surface area (Å²) in [5, 5.41) is 9.03. The summed E-state index contributed by atoms with van der Waals surface area (Å²) in [5.74, 6) is -0.0366. The minimum absolute atomic E-state index is 0.0366. The number of hydrogen-bond donors (Lipinski definition) is 3. The van der Waals surface area contributed by atoms with Crippen molar-refractivity contribution >= 4 is 32.3 Å². The summed E-state index contributed by atoms with van der Waals surface area (Å²) >= 11 is 0. The van der Waals surface area contributed by atoms with E-state index in [4.69, 9.17) is 10.9 Å². The fourth-order valence-corrected chi connectivity index (χ4v) is 2.40. The van der Waals surface area contributed by atoms with E-state index in [0.29, 0.717) is 18.7 Å². The van der Waals surface area contributed by atoms with E-state index in [0.717, 1.165) is 16.6 Å². The van der Waals surface area contributed by atoms with Crippen LogP contribution >= 0.6 is 0 Å². The summed E-state index contributed by atoms with van der Waals surface area (Å²) in [6.07, 6.45) is 2.12. The molecule has 102 valence electrons. The number of nitrogens with two attached hydrogens (primary N) is 2. The predicted octanol–water partition coefficient (Wildman–Crippen LogP) is 0.908. The largest absolute Gasteiger partial charge is 0.397 e. The van der Waals surface area contributed by atoms with Crippen LogP contribution in [0.4, 0.5) is 11.4 Å². The number of pyridine rings is 1. The molecule has 1 aromatic heterocycles. The lowest BCUT2D eigenvalue weighted by molar-refractivity contribution is 0.596. The Morgan fingerprint density at radius 1 is 1.26 bits per heavy atom. The Morgan fingerprint density at radius 3 is 2.79 bits per heavy atom. The van der Waals surface area contributed by atoms with E-state index in [1.54, 1.807) is 12.3 Å². The minimum Gasteiger partial charge on any atom is -0.397 e. The van der Waals surface area contributed by atoms with Crippen LogP contribution in [0.2, 0.25) is 0 Å². The van der Waals surface area contributed by atoms with E-state index in [-0.39, 0.29) is 5.75 Å². The van der Waals surface area contributed by atoms with Crippen LogP contribution in [0.25, 0.3) is 10.9 Å². The van der Waals surface area contributed by atoms with Crippen molar-refractivity contribution in [2.45, 2.75) is 6.42 Å². The predicted molar refractivity (Wildman–Crippen MR) is 77.2 cm³/mol. The Hall–Kier alpha value is -1.86. The number of aromatic nitrogens is 1. The van der Waals surface area contributed by atoms with Crippen LogP contribution in [0.5, 0.6) is 0 Å². The van der Waals surface area contributed by atoms with Crippen molar-refractivity contribution in [3.8, 4) is 0 Å². The van der Waals surface area contributed by atoms with Crippen molar-refractivity contribution in [2.75, 3.05) is 23.3 Å². The van der Waals surface area contributed by atoms with E-state index >= 15 is 0 Å². The molecule has 2 aromatic rings. The van der Waals surface area contributed by atoms with Crippen molar-refractivity contribution in [3.63, 3.8) is 0 Å². The molecular formula is C12H16N4O2S. The van der Waals surface area contributed by atoms with Crippen LogP contribution in [-0.4, -0.2) is 25.7 Å². The van der Waals surface area contributed by atoms with Crippen molar-refractivity contribution in [1.29, 1.82) is 0 Å². The zero-order chi connectivity index (χ0) is 13.9. The molecule has 7 heteroatoms. The standard InChI is InChI=1S/C12H16N4O2S/c13-10-4-1-3-9-11(5-7-16-12(9)10)15-6-2-8-19(14,17)18/h1,3-5,7H,2,6,8,13H2,(H,15,16)(H2,14,17,18). The fraction of sp³-hybridized carbons (Fsp3) is 0.250. The molecule has 0 saturated carbocycles. The molecule has 0 atom stereocenters. The smallest absolute Gasteiger partial charge is 0.209 e. The third-order valence-electron chi connectivity index (χ3n) is 2.72. The molecule has 1 heterocycles. The molecular weight excluding hydrogens is 264 g/mol. The maximum atomic E-state index is 10.8. The molecule has 5 N–H and O–H groups in total. The van der Waals surface area contributed by atoms with Gasteiger partial charge in [-0.05, 0) is 18.6 Å². The average Bonchev–Trinajstić information content (AvgIpc) is 2.34. The molecule has 0 fully saturated rings. The first-order chi connectivity index (χ1) is 8.97. The van der Waals surface area contributed by atoms with Gasteiger partial charge in [-0.3, -0.25) is 4.98 Å². The molecule has 0 unspecified atom stereocenters. The Balaban J connectivity index is 2.11. The normalized spacial score (nSPS) is 11.6. The van der Waals surface area contributed by atoms with Gasteiger partial charge in [-0.2, -0.15) is 0 Å². The maximum absolute atomic E-state index is 10.8. The van der Waals surface area contributed by atoms with E-state index in [1.807, 2.05) is 18.2 Å². The van der Waals surface area contributed by atoms with E-state index in [2.05, 4.69) is 10.3 Å². The number of rotatable bonds is 5. The van der Waals surface area contributed by atoms with Gasteiger partial charge in [0.25, 0.3) is 0 Å². The highest BCUT2D eigenvalue weighted by Crippen LogP contribution is 2.25. The number of fused-ring (bicyclic) bond motifs is 1. The van der Waals surface area contributed by atoms with Gasteiger partial charge in [-0.1, -0.05) is 12.1 Å². The summed E-state index contributed by atoms with van der Waals surface area (Å²) in [5.41, 5.74) is 8.08. The third-order valence-corrected chi connectivity index (χ3v) is 3.58. The second-order valence-electron chi connectivity index (χ2n) is 4.25. The lowest BCUT2D eigenvalue weighted by Gasteiger charge is -2.09. The molecule has 0 aliphatic heterocycles. The first-order valence-corrected chi connectivity index (χ1v) is 7.56. The zero-order valence-corrected chi connectivity index (χ0v) is 11.2. The lowest BCUT2D eigenvalue weighted by atomic mass is 10.1. The van der Waals surface area contributed by atoms with Crippen LogP contribution in [0.3, 0.4) is 0 Å². The second kappa shape index (κ2) is 5.41. The second-order valence-corrected chi connectivity index (χ2v) is 5.98. The van der Waals surface area contributed by atoms with Gasteiger partial charge in [0.2, 0.25) is 10.0 Å². The maximum Gasteiger partial charge on any atom is 0.209 e. The van der Waals surface area contributed by atoms with Gasteiger partial charge in [-0.15, -0.1) is 0 Å². The molecule has 0 spiro atoms. The summed E-state index contributed by atoms with van der Waals surface area (Å²) < 4.78 is 21.6. The molecule has 1 aromatic carbocycles. The molecule has 0 bridgehead atoms. The van der Waals surface area contributed by atoms with Gasteiger partial charge >= 0.3 is 0 Å². The number of nitrogens with one attached hydrogen (secondary N) is 1. The summed E-state index contributed by atoms with van der Waals surface area (Å²) in [6.45, 7) is 0.518. The van der Waals surface area contributed by atoms with Crippen LogP contribution in [-0.2, 0) is 10.0 Å². The number of nitrogen functional groups attached to an aromatic ring is 1. The Bertz CT molecular complexity index is 685.